The first-order chi connectivity index (χ1) is 28.9. The van der Waals surface area contributed by atoms with Crippen molar-refractivity contribution in [3.63, 3.8) is 0 Å². The summed E-state index contributed by atoms with van der Waals surface area (Å²) in [6, 6.07) is 24.8. The van der Waals surface area contributed by atoms with Crippen LogP contribution in [0.4, 0.5) is 13.2 Å². The van der Waals surface area contributed by atoms with E-state index in [4.69, 9.17) is 10.5 Å². The lowest BCUT2D eigenvalue weighted by atomic mass is 10.0. The van der Waals surface area contributed by atoms with E-state index in [9.17, 15) is 45.6 Å². The van der Waals surface area contributed by atoms with E-state index in [1.807, 2.05) is 30.3 Å². The number of hydrogen-bond donors (Lipinski definition) is 5. The topological polar surface area (TPSA) is 224 Å². The van der Waals surface area contributed by atoms with Crippen LogP contribution in [-0.4, -0.2) is 69.3 Å². The van der Waals surface area contributed by atoms with E-state index in [1.54, 1.807) is 35.6 Å². The summed E-state index contributed by atoms with van der Waals surface area (Å²) in [7, 11) is -3.06. The number of oxime groups is 1. The molecule has 0 aromatic heterocycles. The van der Waals surface area contributed by atoms with Crippen molar-refractivity contribution in [3.05, 3.63) is 142 Å². The lowest BCUT2D eigenvalue weighted by molar-refractivity contribution is -0.173. The standard InChI is InChI=1S/C42H45F3N6O9S/c1-27(52)60-50-37(46)33-19-17-29(18-20-33)24-47-38(53)36(23-30-12-6-13-31(21-30)25-48-41(56)42(43,44)45)49-39(54)35(16-8-11-28-9-4-3-5-10-28)51-61(57,58)26-32-14-7-15-34(22-32)40(55)59-2/h3-7,9-10,12-15,17-22,35-36,51H,8,11,16,23-26H2,1-2H3,(H2,46,50)(H,47,53)(H,48,56)(H,49,54)/t35-,36+/m1/s1. The number of nitrogens with one attached hydrogen (secondary N) is 4. The summed E-state index contributed by atoms with van der Waals surface area (Å²) in [6.07, 6.45) is -4.42. The Kier molecular flexibility index (Phi) is 17.1. The van der Waals surface area contributed by atoms with Crippen LogP contribution in [0.2, 0.25) is 0 Å². The minimum Gasteiger partial charge on any atom is -0.465 e. The average molecular weight is 867 g/mol. The van der Waals surface area contributed by atoms with Gasteiger partial charge in [-0.2, -0.15) is 13.2 Å². The fourth-order valence-corrected chi connectivity index (χ4v) is 7.28. The molecule has 4 aromatic carbocycles. The molecule has 2 atom stereocenters. The second-order valence-electron chi connectivity index (χ2n) is 13.7. The molecule has 15 nitrogen and oxygen atoms in total. The molecular weight excluding hydrogens is 822 g/mol. The summed E-state index contributed by atoms with van der Waals surface area (Å²) in [6.45, 7) is 0.636. The lowest BCUT2D eigenvalue weighted by Gasteiger charge is -2.24. The molecular formula is C42H45F3N6O9S. The number of benzene rings is 4. The van der Waals surface area contributed by atoms with Gasteiger partial charge in [0.2, 0.25) is 21.8 Å². The van der Waals surface area contributed by atoms with E-state index < -0.39 is 70.2 Å². The van der Waals surface area contributed by atoms with Gasteiger partial charge in [-0.25, -0.2) is 22.7 Å². The van der Waals surface area contributed by atoms with E-state index in [0.717, 1.165) is 12.5 Å². The highest BCUT2D eigenvalue weighted by atomic mass is 32.2. The Balaban J connectivity index is 1.58. The zero-order chi connectivity index (χ0) is 44.6. The minimum atomic E-state index is -5.10. The zero-order valence-corrected chi connectivity index (χ0v) is 34.0. The molecule has 324 valence electrons. The van der Waals surface area contributed by atoms with Gasteiger partial charge in [-0.15, -0.1) is 0 Å². The number of alkyl halides is 3. The molecule has 0 spiro atoms. The second-order valence-corrected chi connectivity index (χ2v) is 15.5. The summed E-state index contributed by atoms with van der Waals surface area (Å²) < 4.78 is 72.9. The van der Waals surface area contributed by atoms with Crippen molar-refractivity contribution in [2.24, 2.45) is 10.9 Å². The quantitative estimate of drug-likeness (QED) is 0.0285. The van der Waals surface area contributed by atoms with Crippen LogP contribution in [0.3, 0.4) is 0 Å². The number of amidine groups is 1. The molecule has 3 amide bonds. The molecule has 61 heavy (non-hydrogen) atoms. The number of nitrogens with zero attached hydrogens (tertiary/aromatic N) is 1. The highest BCUT2D eigenvalue weighted by Crippen LogP contribution is 2.17. The molecule has 0 heterocycles. The van der Waals surface area contributed by atoms with E-state index in [-0.39, 0.29) is 41.9 Å². The van der Waals surface area contributed by atoms with Crippen LogP contribution in [-0.2, 0) is 70.5 Å². The zero-order valence-electron chi connectivity index (χ0n) is 33.2. The Bertz CT molecular complexity index is 2310. The SMILES string of the molecule is COC(=O)c1cccc(CS(=O)(=O)N[C@H](CCCc2ccccc2)C(=O)N[C@@H](Cc2cccc(CNC(=O)C(F)(F)F)c2)C(=O)NCc2ccc(/C(N)=N\OC(C)=O)cc2)c1. The van der Waals surface area contributed by atoms with Crippen molar-refractivity contribution in [3.8, 4) is 0 Å². The largest absolute Gasteiger partial charge is 0.471 e. The van der Waals surface area contributed by atoms with Crippen molar-refractivity contribution in [2.45, 2.75) is 69.7 Å². The van der Waals surface area contributed by atoms with E-state index in [2.05, 4.69) is 25.3 Å². The van der Waals surface area contributed by atoms with Crippen LogP contribution in [0.15, 0.2) is 108 Å². The van der Waals surface area contributed by atoms with Gasteiger partial charge in [-0.05, 0) is 59.2 Å². The first-order valence-corrected chi connectivity index (χ1v) is 20.4. The van der Waals surface area contributed by atoms with Gasteiger partial charge in [0.1, 0.15) is 12.1 Å². The van der Waals surface area contributed by atoms with Crippen molar-refractivity contribution in [1.29, 1.82) is 0 Å². The van der Waals surface area contributed by atoms with Gasteiger partial charge in [0.25, 0.3) is 0 Å². The Morgan fingerprint density at radius 2 is 1.38 bits per heavy atom. The molecule has 0 radical (unpaired) electrons. The Morgan fingerprint density at radius 3 is 2.05 bits per heavy atom. The molecule has 0 saturated carbocycles. The fourth-order valence-electron chi connectivity index (χ4n) is 5.92. The minimum absolute atomic E-state index is 0.0150. The highest BCUT2D eigenvalue weighted by molar-refractivity contribution is 7.88. The third-order valence-corrected chi connectivity index (χ3v) is 10.3. The van der Waals surface area contributed by atoms with Gasteiger partial charge in [0, 0.05) is 32.0 Å². The van der Waals surface area contributed by atoms with Gasteiger partial charge in [-0.3, -0.25) is 14.4 Å². The van der Waals surface area contributed by atoms with Crippen LogP contribution in [0.1, 0.15) is 63.5 Å². The summed E-state index contributed by atoms with van der Waals surface area (Å²) >= 11 is 0. The van der Waals surface area contributed by atoms with Gasteiger partial charge < -0.3 is 31.3 Å². The van der Waals surface area contributed by atoms with Crippen molar-refractivity contribution in [2.75, 3.05) is 7.11 Å². The monoisotopic (exact) mass is 866 g/mol. The molecule has 0 aliphatic carbocycles. The molecule has 6 N–H and O–H groups in total. The van der Waals surface area contributed by atoms with Crippen molar-refractivity contribution < 1.29 is 55.1 Å². The number of sulfonamides is 1. The first kappa shape index (κ1) is 47.1. The highest BCUT2D eigenvalue weighted by Gasteiger charge is 2.38. The molecule has 19 heteroatoms. The maximum Gasteiger partial charge on any atom is 0.471 e. The number of hydrogen-bond acceptors (Lipinski definition) is 10. The predicted molar refractivity (Wildman–Crippen MR) is 217 cm³/mol. The molecule has 0 bridgehead atoms. The molecule has 0 saturated heterocycles. The number of ether oxygens (including phenoxy) is 1. The Morgan fingerprint density at radius 1 is 0.738 bits per heavy atom. The summed E-state index contributed by atoms with van der Waals surface area (Å²) in [5.74, 6) is -5.65. The number of halogens is 3. The van der Waals surface area contributed by atoms with Crippen molar-refractivity contribution in [1.82, 2.24) is 20.7 Å². The molecule has 4 aromatic rings. The second kappa shape index (κ2) is 22.1. The van der Waals surface area contributed by atoms with Crippen LogP contribution >= 0.6 is 0 Å². The maximum atomic E-state index is 14.1. The predicted octanol–water partition coefficient (Wildman–Crippen LogP) is 3.69. The number of methoxy groups -OCH3 is 1. The number of amides is 3. The first-order valence-electron chi connectivity index (χ1n) is 18.7. The van der Waals surface area contributed by atoms with Crippen LogP contribution < -0.4 is 26.4 Å². The van der Waals surface area contributed by atoms with Crippen LogP contribution in [0.5, 0.6) is 0 Å². The smallest absolute Gasteiger partial charge is 0.465 e. The summed E-state index contributed by atoms with van der Waals surface area (Å²) in [4.78, 5) is 67.2. The van der Waals surface area contributed by atoms with Crippen LogP contribution in [0.25, 0.3) is 0 Å². The summed E-state index contributed by atoms with van der Waals surface area (Å²) in [5.41, 5.74) is 8.86. The van der Waals surface area contributed by atoms with Crippen molar-refractivity contribution >= 4 is 45.5 Å². The lowest BCUT2D eigenvalue weighted by Crippen LogP contribution is -2.54. The third-order valence-electron chi connectivity index (χ3n) is 8.91. The molecule has 0 fully saturated rings. The summed E-state index contributed by atoms with van der Waals surface area (Å²) in [5, 5.41) is 10.7. The fraction of sp³-hybridized carbons (Fsp3) is 0.286. The number of rotatable bonds is 20. The molecule has 0 aliphatic rings. The number of carbonyl (C=O) groups is 5. The van der Waals surface area contributed by atoms with E-state index in [0.29, 0.717) is 29.5 Å². The molecule has 4 rings (SSSR count). The Hall–Kier alpha value is -6.60. The van der Waals surface area contributed by atoms with Gasteiger partial charge >= 0.3 is 24.0 Å². The number of nitrogens with two attached hydrogens (primary N) is 1. The number of carbonyl (C=O) groups excluding carboxylic acids is 5. The normalized spacial score (nSPS) is 12.7. The number of esters is 1. The average Bonchev–Trinajstić information content (AvgIpc) is 3.23. The number of aryl methyl sites for hydroxylation is 1. The third kappa shape index (κ3) is 15.8. The van der Waals surface area contributed by atoms with Gasteiger partial charge in [-0.1, -0.05) is 96.2 Å². The van der Waals surface area contributed by atoms with E-state index >= 15 is 0 Å². The van der Waals surface area contributed by atoms with Crippen LogP contribution in [0, 0.1) is 0 Å². The maximum absolute atomic E-state index is 14.1. The molecule has 0 unspecified atom stereocenters. The van der Waals surface area contributed by atoms with E-state index in [1.165, 1.54) is 49.6 Å². The molecule has 0 aliphatic heterocycles. The van der Waals surface area contributed by atoms with Gasteiger partial charge in [0.05, 0.1) is 18.4 Å². The van der Waals surface area contributed by atoms with Gasteiger partial charge in [0.15, 0.2) is 5.84 Å². The Labute approximate surface area is 350 Å².